The number of anilines is 2. The highest BCUT2D eigenvalue weighted by molar-refractivity contribution is 8.00. The second-order valence-corrected chi connectivity index (χ2v) is 7.33. The number of rotatable bonds is 6. The van der Waals surface area contributed by atoms with Gasteiger partial charge in [-0.2, -0.15) is 0 Å². The van der Waals surface area contributed by atoms with Crippen molar-refractivity contribution in [1.29, 1.82) is 0 Å². The van der Waals surface area contributed by atoms with Gasteiger partial charge in [0.05, 0.1) is 11.9 Å². The van der Waals surface area contributed by atoms with Crippen molar-refractivity contribution in [1.82, 2.24) is 0 Å². The molecule has 0 aliphatic carbocycles. The number of amides is 1. The second kappa shape index (κ2) is 8.60. The normalized spacial score (nSPS) is 21.4. The molecular weight excluding hydrogens is 308 g/mol. The van der Waals surface area contributed by atoms with E-state index in [4.69, 9.17) is 4.74 Å². The minimum Gasteiger partial charge on any atom is -0.377 e. The molecule has 126 valence electrons. The number of hydrogen-bond acceptors (Lipinski definition) is 4. The summed E-state index contributed by atoms with van der Waals surface area (Å²) in [5.74, 6) is 1.49. The van der Waals surface area contributed by atoms with Crippen molar-refractivity contribution in [2.45, 2.75) is 38.2 Å². The first-order valence-electron chi connectivity index (χ1n) is 8.65. The Morgan fingerprint density at radius 3 is 2.91 bits per heavy atom. The molecule has 0 aromatic heterocycles. The van der Waals surface area contributed by atoms with Crippen LogP contribution in [0.15, 0.2) is 24.3 Å². The van der Waals surface area contributed by atoms with Gasteiger partial charge in [-0.25, -0.2) is 0 Å². The predicted octanol–water partition coefficient (Wildman–Crippen LogP) is 3.53. The molecule has 0 unspecified atom stereocenters. The Hall–Kier alpha value is -1.20. The molecule has 2 aliphatic rings. The largest absolute Gasteiger partial charge is 0.377 e. The van der Waals surface area contributed by atoms with Gasteiger partial charge < -0.3 is 15.0 Å². The maximum atomic E-state index is 12.1. The van der Waals surface area contributed by atoms with Crippen molar-refractivity contribution >= 4 is 29.0 Å². The summed E-state index contributed by atoms with van der Waals surface area (Å²) < 4.78 is 5.69. The molecule has 0 radical (unpaired) electrons. The number of nitrogens with zero attached hydrogens (tertiary/aromatic N) is 1. The van der Waals surface area contributed by atoms with Crippen molar-refractivity contribution in [3.8, 4) is 0 Å². The Bertz CT molecular complexity index is 511. The van der Waals surface area contributed by atoms with Gasteiger partial charge in [0.25, 0.3) is 0 Å². The zero-order valence-corrected chi connectivity index (χ0v) is 14.4. The Balaban J connectivity index is 1.43. The highest BCUT2D eigenvalue weighted by atomic mass is 32.2. The number of benzene rings is 1. The van der Waals surface area contributed by atoms with Crippen molar-refractivity contribution in [2.75, 3.05) is 41.4 Å². The van der Waals surface area contributed by atoms with Gasteiger partial charge in [-0.1, -0.05) is 6.07 Å². The topological polar surface area (TPSA) is 41.6 Å². The van der Waals surface area contributed by atoms with Crippen LogP contribution in [-0.4, -0.2) is 43.2 Å². The summed E-state index contributed by atoms with van der Waals surface area (Å²) >= 11 is 1.67. The number of carbonyl (C=O) groups excluding carboxylic acids is 1. The van der Waals surface area contributed by atoms with E-state index in [1.807, 2.05) is 12.1 Å². The lowest BCUT2D eigenvalue weighted by molar-refractivity contribution is -0.113. The van der Waals surface area contributed by atoms with Crippen LogP contribution in [0, 0.1) is 0 Å². The first-order valence-corrected chi connectivity index (χ1v) is 9.81. The smallest absolute Gasteiger partial charge is 0.234 e. The standard InChI is InChI=1S/C18H26N2O2S/c21-18(14-23-13-17-8-1-4-11-22-17)19-15-6-5-7-16(12-15)20-9-2-3-10-20/h5-7,12,17H,1-4,8-11,13-14H2,(H,19,21)/t17-/m0/s1. The molecule has 1 N–H and O–H groups in total. The minimum atomic E-state index is 0.0735. The quantitative estimate of drug-likeness (QED) is 0.864. The molecule has 0 saturated carbocycles. The van der Waals surface area contributed by atoms with Crippen molar-refractivity contribution in [3.05, 3.63) is 24.3 Å². The van der Waals surface area contributed by atoms with Crippen LogP contribution in [0.25, 0.3) is 0 Å². The molecule has 0 spiro atoms. The molecule has 1 aromatic rings. The van der Waals surface area contributed by atoms with E-state index in [0.717, 1.165) is 37.6 Å². The number of ether oxygens (including phenoxy) is 1. The summed E-state index contributed by atoms with van der Waals surface area (Å²) in [6, 6.07) is 8.19. The lowest BCUT2D eigenvalue weighted by Crippen LogP contribution is -2.23. The molecule has 0 bridgehead atoms. The third kappa shape index (κ3) is 5.15. The fourth-order valence-electron chi connectivity index (χ4n) is 3.17. The summed E-state index contributed by atoms with van der Waals surface area (Å²) in [7, 11) is 0. The number of carbonyl (C=O) groups is 1. The fraction of sp³-hybridized carbons (Fsp3) is 0.611. The van der Waals surface area contributed by atoms with Crippen LogP contribution >= 0.6 is 11.8 Å². The molecule has 2 aliphatic heterocycles. The van der Waals surface area contributed by atoms with E-state index in [-0.39, 0.29) is 5.91 Å². The maximum Gasteiger partial charge on any atom is 0.234 e. The fourth-order valence-corrected chi connectivity index (χ4v) is 4.08. The third-order valence-corrected chi connectivity index (χ3v) is 5.49. The van der Waals surface area contributed by atoms with E-state index in [9.17, 15) is 4.79 Å². The third-order valence-electron chi connectivity index (χ3n) is 4.41. The molecule has 1 amide bonds. The predicted molar refractivity (Wildman–Crippen MR) is 97.4 cm³/mol. The van der Waals surface area contributed by atoms with E-state index in [2.05, 4.69) is 22.3 Å². The lowest BCUT2D eigenvalue weighted by Gasteiger charge is -2.22. The van der Waals surface area contributed by atoms with Crippen LogP contribution < -0.4 is 10.2 Å². The molecule has 3 rings (SSSR count). The molecule has 23 heavy (non-hydrogen) atoms. The van der Waals surface area contributed by atoms with Gasteiger partial charge in [0.1, 0.15) is 0 Å². The van der Waals surface area contributed by atoms with E-state index >= 15 is 0 Å². The maximum absolute atomic E-state index is 12.1. The molecule has 2 fully saturated rings. The summed E-state index contributed by atoms with van der Waals surface area (Å²) in [4.78, 5) is 14.5. The van der Waals surface area contributed by atoms with Gasteiger partial charge in [0.2, 0.25) is 5.91 Å². The zero-order valence-electron chi connectivity index (χ0n) is 13.6. The Kier molecular flexibility index (Phi) is 6.22. The van der Waals surface area contributed by atoms with Gasteiger partial charge in [-0.15, -0.1) is 11.8 Å². The van der Waals surface area contributed by atoms with E-state index < -0.39 is 0 Å². The van der Waals surface area contributed by atoms with Crippen LogP contribution in [0.1, 0.15) is 32.1 Å². The molecular formula is C18H26N2O2S. The van der Waals surface area contributed by atoms with Gasteiger partial charge in [0.15, 0.2) is 0 Å². The Labute approximate surface area is 143 Å². The summed E-state index contributed by atoms with van der Waals surface area (Å²) in [6.07, 6.45) is 6.41. The number of thioether (sulfide) groups is 1. The summed E-state index contributed by atoms with van der Waals surface area (Å²) in [5, 5.41) is 3.02. The Morgan fingerprint density at radius 2 is 2.13 bits per heavy atom. The molecule has 1 aromatic carbocycles. The monoisotopic (exact) mass is 334 g/mol. The highest BCUT2D eigenvalue weighted by Gasteiger charge is 2.15. The number of hydrogen-bond donors (Lipinski definition) is 1. The van der Waals surface area contributed by atoms with Gasteiger partial charge >= 0.3 is 0 Å². The lowest BCUT2D eigenvalue weighted by atomic mass is 10.1. The highest BCUT2D eigenvalue weighted by Crippen LogP contribution is 2.23. The van der Waals surface area contributed by atoms with Crippen LogP contribution in [-0.2, 0) is 9.53 Å². The first kappa shape index (κ1) is 16.7. The molecule has 4 nitrogen and oxygen atoms in total. The molecule has 5 heteroatoms. The number of nitrogens with one attached hydrogen (secondary N) is 1. The van der Waals surface area contributed by atoms with Crippen LogP contribution in [0.3, 0.4) is 0 Å². The average molecular weight is 334 g/mol. The summed E-state index contributed by atoms with van der Waals surface area (Å²) in [5.41, 5.74) is 2.11. The van der Waals surface area contributed by atoms with Crippen molar-refractivity contribution in [2.24, 2.45) is 0 Å². The van der Waals surface area contributed by atoms with Crippen LogP contribution in [0.2, 0.25) is 0 Å². The van der Waals surface area contributed by atoms with Crippen molar-refractivity contribution in [3.63, 3.8) is 0 Å². The van der Waals surface area contributed by atoms with Crippen molar-refractivity contribution < 1.29 is 9.53 Å². The van der Waals surface area contributed by atoms with Gasteiger partial charge in [-0.3, -0.25) is 4.79 Å². The summed E-state index contributed by atoms with van der Waals surface area (Å²) in [6.45, 7) is 3.12. The van der Waals surface area contributed by atoms with E-state index in [1.165, 1.54) is 31.4 Å². The molecule has 1 atom stereocenters. The Morgan fingerprint density at radius 1 is 1.26 bits per heavy atom. The SMILES string of the molecule is O=C(CSC[C@@H]1CCCCO1)Nc1cccc(N2CCCC2)c1. The first-order chi connectivity index (χ1) is 11.3. The average Bonchev–Trinajstić information content (AvgIpc) is 3.11. The van der Waals surface area contributed by atoms with Gasteiger partial charge in [-0.05, 0) is 50.3 Å². The van der Waals surface area contributed by atoms with E-state index in [1.54, 1.807) is 11.8 Å². The van der Waals surface area contributed by atoms with Crippen LogP contribution in [0.5, 0.6) is 0 Å². The minimum absolute atomic E-state index is 0.0735. The zero-order chi connectivity index (χ0) is 15.9. The van der Waals surface area contributed by atoms with Gasteiger partial charge in [0, 0.05) is 36.8 Å². The molecule has 2 heterocycles. The molecule has 2 saturated heterocycles. The van der Waals surface area contributed by atoms with E-state index in [0.29, 0.717) is 11.9 Å². The second-order valence-electron chi connectivity index (χ2n) is 6.30. The van der Waals surface area contributed by atoms with Crippen LogP contribution in [0.4, 0.5) is 11.4 Å².